The van der Waals surface area contributed by atoms with Crippen LogP contribution in [-0.4, -0.2) is 11.0 Å². The number of phenols is 1. The van der Waals surface area contributed by atoms with Gasteiger partial charge in [-0.2, -0.15) is 0 Å². The van der Waals surface area contributed by atoms with Crippen LogP contribution in [0, 0.1) is 5.82 Å². The van der Waals surface area contributed by atoms with E-state index in [0.717, 1.165) is 0 Å². The summed E-state index contributed by atoms with van der Waals surface area (Å²) in [5, 5.41) is 11.9. The highest BCUT2D eigenvalue weighted by Crippen LogP contribution is 2.27. The van der Waals surface area contributed by atoms with Gasteiger partial charge in [0.1, 0.15) is 5.75 Å². The molecule has 0 atom stereocenters. The van der Waals surface area contributed by atoms with Crippen LogP contribution in [0.15, 0.2) is 36.4 Å². The van der Waals surface area contributed by atoms with Crippen molar-refractivity contribution in [2.45, 2.75) is 0 Å². The van der Waals surface area contributed by atoms with Gasteiger partial charge in [0.2, 0.25) is 0 Å². The molecule has 3 nitrogen and oxygen atoms in total. The monoisotopic (exact) mass is 299 g/mol. The quantitative estimate of drug-likeness (QED) is 0.877. The maximum atomic E-state index is 13.6. The Balaban J connectivity index is 2.26. The smallest absolute Gasteiger partial charge is 0.258 e. The molecule has 0 aliphatic heterocycles. The van der Waals surface area contributed by atoms with Crippen LogP contribution in [-0.2, 0) is 0 Å². The van der Waals surface area contributed by atoms with Gasteiger partial charge in [-0.1, -0.05) is 29.3 Å². The molecule has 0 heterocycles. The van der Waals surface area contributed by atoms with E-state index < -0.39 is 11.7 Å². The van der Waals surface area contributed by atoms with Crippen LogP contribution in [0.1, 0.15) is 10.4 Å². The summed E-state index contributed by atoms with van der Waals surface area (Å²) in [5.74, 6) is -1.63. The lowest BCUT2D eigenvalue weighted by molar-refractivity contribution is 0.102. The average Bonchev–Trinajstić information content (AvgIpc) is 2.37. The molecule has 0 aliphatic rings. The molecule has 19 heavy (non-hydrogen) atoms. The molecule has 0 unspecified atom stereocenters. The fourth-order valence-electron chi connectivity index (χ4n) is 1.47. The second-order valence-corrected chi connectivity index (χ2v) is 4.54. The van der Waals surface area contributed by atoms with Crippen molar-refractivity contribution in [2.75, 3.05) is 5.32 Å². The molecule has 2 rings (SSSR count). The highest BCUT2D eigenvalue weighted by Gasteiger charge is 2.14. The summed E-state index contributed by atoms with van der Waals surface area (Å²) in [4.78, 5) is 11.9. The molecule has 0 radical (unpaired) electrons. The van der Waals surface area contributed by atoms with Gasteiger partial charge in [-0.15, -0.1) is 0 Å². The van der Waals surface area contributed by atoms with E-state index in [0.29, 0.717) is 5.69 Å². The second-order valence-electron chi connectivity index (χ2n) is 3.72. The highest BCUT2D eigenvalue weighted by molar-refractivity contribution is 6.32. The lowest BCUT2D eigenvalue weighted by Crippen LogP contribution is -2.13. The fraction of sp³-hybridized carbons (Fsp3) is 0. The minimum Gasteiger partial charge on any atom is -0.506 e. The predicted molar refractivity (Wildman–Crippen MR) is 72.5 cm³/mol. The van der Waals surface area contributed by atoms with Crippen molar-refractivity contribution in [3.05, 3.63) is 57.8 Å². The second kappa shape index (κ2) is 5.47. The van der Waals surface area contributed by atoms with Crippen LogP contribution in [0.3, 0.4) is 0 Å². The van der Waals surface area contributed by atoms with Gasteiger partial charge in [0.15, 0.2) is 5.82 Å². The van der Waals surface area contributed by atoms with E-state index in [1.807, 2.05) is 0 Å². The third-order valence-corrected chi connectivity index (χ3v) is 3.01. The molecule has 1 amide bonds. The molecule has 0 aromatic heterocycles. The average molecular weight is 300 g/mol. The number of carbonyl (C=O) groups is 1. The number of phenolic OH excluding ortho intramolecular Hbond substituents is 1. The maximum Gasteiger partial charge on any atom is 0.258 e. The molecule has 0 saturated carbocycles. The number of amides is 1. The fourth-order valence-corrected chi connectivity index (χ4v) is 1.76. The first kappa shape index (κ1) is 13.6. The van der Waals surface area contributed by atoms with Crippen LogP contribution in [0.4, 0.5) is 10.1 Å². The molecule has 2 N–H and O–H groups in total. The zero-order chi connectivity index (χ0) is 14.0. The van der Waals surface area contributed by atoms with Crippen LogP contribution in [0.5, 0.6) is 5.75 Å². The number of benzene rings is 2. The Hall–Kier alpha value is -1.78. The first-order valence-electron chi connectivity index (χ1n) is 5.23. The number of rotatable bonds is 2. The Bertz CT molecular complexity index is 647. The van der Waals surface area contributed by atoms with Crippen LogP contribution >= 0.6 is 23.2 Å². The van der Waals surface area contributed by atoms with Gasteiger partial charge in [0.25, 0.3) is 5.91 Å². The molecule has 98 valence electrons. The van der Waals surface area contributed by atoms with Gasteiger partial charge in [-0.05, 0) is 24.3 Å². The SMILES string of the molecule is O=C(Nc1ccc(Cl)c(O)c1)c1cccc(Cl)c1F. The van der Waals surface area contributed by atoms with Crippen molar-refractivity contribution in [2.24, 2.45) is 0 Å². The first-order valence-corrected chi connectivity index (χ1v) is 5.98. The number of hydrogen-bond acceptors (Lipinski definition) is 2. The molecule has 0 spiro atoms. The molecular formula is C13H8Cl2FNO2. The Morgan fingerprint density at radius 2 is 1.89 bits per heavy atom. The van der Waals surface area contributed by atoms with Crippen molar-refractivity contribution >= 4 is 34.8 Å². The Morgan fingerprint density at radius 3 is 2.58 bits per heavy atom. The first-order chi connectivity index (χ1) is 8.99. The van der Waals surface area contributed by atoms with Gasteiger partial charge in [-0.3, -0.25) is 4.79 Å². The van der Waals surface area contributed by atoms with E-state index >= 15 is 0 Å². The number of halogens is 3. The summed E-state index contributed by atoms with van der Waals surface area (Å²) in [6.45, 7) is 0. The molecule has 0 saturated heterocycles. The predicted octanol–water partition coefficient (Wildman–Crippen LogP) is 4.09. The molecule has 2 aromatic carbocycles. The van der Waals surface area contributed by atoms with Gasteiger partial charge in [-0.25, -0.2) is 4.39 Å². The Kier molecular flexibility index (Phi) is 3.93. The maximum absolute atomic E-state index is 13.6. The Labute approximate surface area is 118 Å². The summed E-state index contributed by atoms with van der Waals surface area (Å²) in [7, 11) is 0. The molecule has 6 heteroatoms. The number of aromatic hydroxyl groups is 1. The van der Waals surface area contributed by atoms with Gasteiger partial charge in [0.05, 0.1) is 15.6 Å². The number of nitrogens with one attached hydrogen (secondary N) is 1. The largest absolute Gasteiger partial charge is 0.506 e. The molecule has 0 aliphatic carbocycles. The van der Waals surface area contributed by atoms with Crippen molar-refractivity contribution < 1.29 is 14.3 Å². The number of hydrogen-bond donors (Lipinski definition) is 2. The summed E-state index contributed by atoms with van der Waals surface area (Å²) < 4.78 is 13.6. The standard InChI is InChI=1S/C13H8Cl2FNO2/c14-9-5-4-7(6-11(9)18)17-13(19)8-2-1-3-10(15)12(8)16/h1-6,18H,(H,17,19). The van der Waals surface area contributed by atoms with Crippen molar-refractivity contribution in [1.82, 2.24) is 0 Å². The van der Waals surface area contributed by atoms with Crippen molar-refractivity contribution in [3.8, 4) is 5.75 Å². The van der Waals surface area contributed by atoms with Crippen molar-refractivity contribution in [1.29, 1.82) is 0 Å². The van der Waals surface area contributed by atoms with Gasteiger partial charge < -0.3 is 10.4 Å². The molecule has 2 aromatic rings. The van der Waals surface area contributed by atoms with Crippen LogP contribution < -0.4 is 5.32 Å². The van der Waals surface area contributed by atoms with Crippen LogP contribution in [0.2, 0.25) is 10.0 Å². The van der Waals surface area contributed by atoms with Crippen molar-refractivity contribution in [3.63, 3.8) is 0 Å². The lowest BCUT2D eigenvalue weighted by Gasteiger charge is -2.07. The topological polar surface area (TPSA) is 49.3 Å². The van der Waals surface area contributed by atoms with Gasteiger partial charge >= 0.3 is 0 Å². The third-order valence-electron chi connectivity index (χ3n) is 2.40. The number of anilines is 1. The minimum absolute atomic E-state index is 0.133. The zero-order valence-corrected chi connectivity index (χ0v) is 11.0. The van der Waals surface area contributed by atoms with E-state index in [4.69, 9.17) is 23.2 Å². The summed E-state index contributed by atoms with van der Waals surface area (Å²) in [5.41, 5.74) is 0.119. The number of carbonyl (C=O) groups excluding carboxylic acids is 1. The zero-order valence-electron chi connectivity index (χ0n) is 9.45. The Morgan fingerprint density at radius 1 is 1.16 bits per heavy atom. The molecule has 0 fully saturated rings. The van der Waals surface area contributed by atoms with Gasteiger partial charge in [0, 0.05) is 11.8 Å². The minimum atomic E-state index is -0.792. The summed E-state index contributed by atoms with van der Waals surface area (Å²) >= 11 is 11.2. The molecule has 0 bridgehead atoms. The van der Waals surface area contributed by atoms with E-state index in [9.17, 15) is 14.3 Å². The summed E-state index contributed by atoms with van der Waals surface area (Å²) in [6, 6.07) is 8.31. The molecular weight excluding hydrogens is 292 g/mol. The van der Waals surface area contributed by atoms with E-state index in [1.165, 1.54) is 36.4 Å². The third kappa shape index (κ3) is 2.97. The van der Waals surface area contributed by atoms with E-state index in [2.05, 4.69) is 5.32 Å². The van der Waals surface area contributed by atoms with E-state index in [1.54, 1.807) is 0 Å². The lowest BCUT2D eigenvalue weighted by atomic mass is 10.2. The highest BCUT2D eigenvalue weighted by atomic mass is 35.5. The normalized spacial score (nSPS) is 10.3. The van der Waals surface area contributed by atoms with Crippen LogP contribution in [0.25, 0.3) is 0 Å². The summed E-state index contributed by atoms with van der Waals surface area (Å²) in [6.07, 6.45) is 0. The van der Waals surface area contributed by atoms with E-state index in [-0.39, 0.29) is 21.4 Å².